The molecule has 1 aliphatic heterocycles. The number of anilines is 1. The summed E-state index contributed by atoms with van der Waals surface area (Å²) in [6.45, 7) is 3.63. The molecule has 0 bridgehead atoms. The van der Waals surface area contributed by atoms with Crippen molar-refractivity contribution in [3.05, 3.63) is 30.4 Å². The monoisotopic (exact) mass is 381 g/mol. The maximum atomic E-state index is 6.25. The fourth-order valence-corrected chi connectivity index (χ4v) is 5.11. The minimum Gasteiger partial charge on any atom is -0.382 e. The Morgan fingerprint density at radius 3 is 2.85 bits per heavy atom. The predicted octanol–water partition coefficient (Wildman–Crippen LogP) is 2.98. The summed E-state index contributed by atoms with van der Waals surface area (Å²) in [6.07, 6.45) is 8.48. The van der Waals surface area contributed by atoms with Gasteiger partial charge in [0.05, 0.1) is 15.7 Å². The Kier molecular flexibility index (Phi) is 4.09. The van der Waals surface area contributed by atoms with E-state index in [1.54, 1.807) is 17.5 Å². The van der Waals surface area contributed by atoms with Crippen LogP contribution in [0.3, 0.4) is 0 Å². The summed E-state index contributed by atoms with van der Waals surface area (Å²) in [5.74, 6) is 1.59. The Morgan fingerprint density at radius 2 is 2.07 bits per heavy atom. The van der Waals surface area contributed by atoms with Gasteiger partial charge in [-0.3, -0.25) is 0 Å². The Morgan fingerprint density at radius 1 is 1.22 bits per heavy atom. The highest BCUT2D eigenvalue weighted by Gasteiger charge is 2.18. The van der Waals surface area contributed by atoms with Gasteiger partial charge in [-0.25, -0.2) is 14.6 Å². The molecule has 4 aromatic rings. The van der Waals surface area contributed by atoms with Crippen LogP contribution in [0.15, 0.2) is 24.5 Å². The number of rotatable bonds is 5. The summed E-state index contributed by atoms with van der Waals surface area (Å²) in [5, 5.41) is 5.36. The average molecular weight is 382 g/mol. The van der Waals surface area contributed by atoms with E-state index >= 15 is 0 Å². The normalized spacial score (nSPS) is 15.4. The number of aryl methyl sites for hydroxylation is 2. The fraction of sp³-hybridized carbons (Fsp3) is 0.421. The van der Waals surface area contributed by atoms with Crippen LogP contribution in [-0.2, 0) is 13.5 Å². The summed E-state index contributed by atoms with van der Waals surface area (Å²) in [4.78, 5) is 12.0. The molecule has 0 spiro atoms. The minimum atomic E-state index is 0.503. The molecule has 0 atom stereocenters. The smallest absolute Gasteiger partial charge is 0.152 e. The highest BCUT2D eigenvalue weighted by atomic mass is 32.1. The summed E-state index contributed by atoms with van der Waals surface area (Å²) >= 11 is 1.68. The van der Waals surface area contributed by atoms with E-state index in [4.69, 9.17) is 10.7 Å². The molecule has 0 aliphatic carbocycles. The van der Waals surface area contributed by atoms with Crippen molar-refractivity contribution < 1.29 is 0 Å². The molecule has 8 heteroatoms. The van der Waals surface area contributed by atoms with Gasteiger partial charge in [-0.15, -0.1) is 11.3 Å². The standard InChI is InChI=1S/C19H23N7S/c1-24-14(6-4-10-25-8-2-3-9-25)23-16-17(24)18-13(22-19(16)20)12-15(27-18)26-11-5-7-21-26/h5,7,11-12H,2-4,6,8-10H2,1H3,(H2,20,22). The molecule has 1 aliphatic rings. The molecule has 1 saturated heterocycles. The van der Waals surface area contributed by atoms with Gasteiger partial charge in [0.25, 0.3) is 0 Å². The van der Waals surface area contributed by atoms with Crippen molar-refractivity contribution in [3.63, 3.8) is 0 Å². The summed E-state index contributed by atoms with van der Waals surface area (Å²) in [7, 11) is 2.09. The minimum absolute atomic E-state index is 0.503. The van der Waals surface area contributed by atoms with Crippen molar-refractivity contribution in [2.75, 3.05) is 25.4 Å². The second-order valence-electron chi connectivity index (χ2n) is 7.18. The van der Waals surface area contributed by atoms with Crippen LogP contribution < -0.4 is 5.73 Å². The molecule has 140 valence electrons. The number of hydrogen-bond donors (Lipinski definition) is 1. The molecule has 1 fully saturated rings. The molecule has 0 aromatic carbocycles. The van der Waals surface area contributed by atoms with Gasteiger partial charge in [0, 0.05) is 31.9 Å². The van der Waals surface area contributed by atoms with Crippen LogP contribution in [0.25, 0.3) is 26.3 Å². The topological polar surface area (TPSA) is 77.8 Å². The molecule has 0 unspecified atom stereocenters. The lowest BCUT2D eigenvalue weighted by molar-refractivity contribution is 0.332. The number of thiophene rings is 1. The van der Waals surface area contributed by atoms with E-state index < -0.39 is 0 Å². The average Bonchev–Trinajstić information content (AvgIpc) is 3.41. The molecule has 2 N–H and O–H groups in total. The van der Waals surface area contributed by atoms with Gasteiger partial charge in [-0.05, 0) is 45.0 Å². The third kappa shape index (κ3) is 2.89. The quantitative estimate of drug-likeness (QED) is 0.575. The molecular formula is C19H23N7S. The van der Waals surface area contributed by atoms with Crippen molar-refractivity contribution in [2.24, 2.45) is 7.05 Å². The zero-order chi connectivity index (χ0) is 18.4. The van der Waals surface area contributed by atoms with Crippen LogP contribution in [-0.4, -0.2) is 48.8 Å². The van der Waals surface area contributed by atoms with Crippen LogP contribution >= 0.6 is 11.3 Å². The number of aromatic nitrogens is 5. The lowest BCUT2D eigenvalue weighted by Gasteiger charge is -2.13. The molecule has 5 rings (SSSR count). The van der Waals surface area contributed by atoms with E-state index in [9.17, 15) is 0 Å². The van der Waals surface area contributed by atoms with Crippen LogP contribution in [0, 0.1) is 0 Å². The van der Waals surface area contributed by atoms with Crippen LogP contribution in [0.2, 0.25) is 0 Å². The second-order valence-corrected chi connectivity index (χ2v) is 8.21. The SMILES string of the molecule is Cn1c(CCCN2CCCC2)nc2c(N)nc3cc(-n4cccn4)sc3c21. The first-order valence-electron chi connectivity index (χ1n) is 9.47. The van der Waals surface area contributed by atoms with Gasteiger partial charge in [0.2, 0.25) is 0 Å². The van der Waals surface area contributed by atoms with Crippen molar-refractivity contribution >= 4 is 38.4 Å². The highest BCUT2D eigenvalue weighted by Crippen LogP contribution is 2.35. The number of nitrogen functional groups attached to an aromatic ring is 1. The lowest BCUT2D eigenvalue weighted by Crippen LogP contribution is -2.21. The van der Waals surface area contributed by atoms with Crippen LogP contribution in [0.5, 0.6) is 0 Å². The largest absolute Gasteiger partial charge is 0.382 e. The van der Waals surface area contributed by atoms with E-state index in [1.165, 1.54) is 25.9 Å². The highest BCUT2D eigenvalue weighted by molar-refractivity contribution is 7.22. The van der Waals surface area contributed by atoms with E-state index in [-0.39, 0.29) is 0 Å². The van der Waals surface area contributed by atoms with Crippen molar-refractivity contribution in [2.45, 2.75) is 25.7 Å². The van der Waals surface area contributed by atoms with Gasteiger partial charge in [0.1, 0.15) is 16.3 Å². The van der Waals surface area contributed by atoms with Gasteiger partial charge < -0.3 is 15.2 Å². The maximum Gasteiger partial charge on any atom is 0.152 e. The summed E-state index contributed by atoms with van der Waals surface area (Å²) in [5.41, 5.74) is 9.05. The predicted molar refractivity (Wildman–Crippen MR) is 109 cm³/mol. The van der Waals surface area contributed by atoms with Gasteiger partial charge >= 0.3 is 0 Å². The molecule has 27 heavy (non-hydrogen) atoms. The van der Waals surface area contributed by atoms with Crippen molar-refractivity contribution in [1.29, 1.82) is 0 Å². The fourth-order valence-electron chi connectivity index (χ4n) is 3.99. The van der Waals surface area contributed by atoms with Gasteiger partial charge in [-0.2, -0.15) is 5.10 Å². The number of nitrogens with two attached hydrogens (primary N) is 1. The first-order valence-corrected chi connectivity index (χ1v) is 10.3. The first kappa shape index (κ1) is 16.7. The van der Waals surface area contributed by atoms with E-state index in [1.807, 2.05) is 23.0 Å². The number of nitrogens with zero attached hydrogens (tertiary/aromatic N) is 6. The molecule has 0 radical (unpaired) electrons. The van der Waals surface area contributed by atoms with E-state index in [2.05, 4.69) is 26.6 Å². The molecule has 0 amide bonds. The second kappa shape index (κ2) is 6.61. The van der Waals surface area contributed by atoms with E-state index in [0.717, 1.165) is 51.5 Å². The number of likely N-dealkylation sites (tertiary alicyclic amines) is 1. The number of imidazole rings is 1. The Balaban J connectivity index is 1.51. The van der Waals surface area contributed by atoms with Crippen molar-refractivity contribution in [1.82, 2.24) is 29.2 Å². The third-order valence-corrected chi connectivity index (χ3v) is 6.51. The maximum absolute atomic E-state index is 6.25. The molecule has 5 heterocycles. The number of pyridine rings is 1. The number of fused-ring (bicyclic) bond motifs is 3. The lowest BCUT2D eigenvalue weighted by atomic mass is 10.3. The number of hydrogen-bond acceptors (Lipinski definition) is 6. The molecule has 0 saturated carbocycles. The molecule has 7 nitrogen and oxygen atoms in total. The first-order chi connectivity index (χ1) is 13.2. The zero-order valence-electron chi connectivity index (χ0n) is 15.4. The molecule has 4 aromatic heterocycles. The zero-order valence-corrected chi connectivity index (χ0v) is 16.2. The Hall–Kier alpha value is -2.45. The van der Waals surface area contributed by atoms with Gasteiger partial charge in [0.15, 0.2) is 5.82 Å². The Labute approximate surface area is 161 Å². The van der Waals surface area contributed by atoms with E-state index in [0.29, 0.717) is 5.82 Å². The van der Waals surface area contributed by atoms with Crippen LogP contribution in [0.4, 0.5) is 5.82 Å². The molecular weight excluding hydrogens is 358 g/mol. The van der Waals surface area contributed by atoms with Gasteiger partial charge in [-0.1, -0.05) is 0 Å². The third-order valence-electron chi connectivity index (χ3n) is 5.39. The Bertz CT molecular complexity index is 1090. The van der Waals surface area contributed by atoms with Crippen LogP contribution in [0.1, 0.15) is 25.1 Å². The van der Waals surface area contributed by atoms with Crippen molar-refractivity contribution in [3.8, 4) is 5.00 Å². The summed E-state index contributed by atoms with van der Waals surface area (Å²) in [6, 6.07) is 3.97. The summed E-state index contributed by atoms with van der Waals surface area (Å²) < 4.78 is 5.18.